The molecule has 4 N–H and O–H groups in total. The first kappa shape index (κ1) is 24.6. The Morgan fingerprint density at radius 1 is 0.972 bits per heavy atom. The Morgan fingerprint density at radius 3 is 2.33 bits per heavy atom. The number of hydrogen-bond acceptors (Lipinski definition) is 7. The summed E-state index contributed by atoms with van der Waals surface area (Å²) >= 11 is 0. The van der Waals surface area contributed by atoms with Crippen molar-refractivity contribution in [1.29, 1.82) is 0 Å². The van der Waals surface area contributed by atoms with Crippen molar-refractivity contribution in [2.24, 2.45) is 0 Å². The number of fused-ring (bicyclic) bond motifs is 1. The molecule has 9 heteroatoms. The van der Waals surface area contributed by atoms with Crippen LogP contribution in [0.3, 0.4) is 0 Å². The zero-order valence-electron chi connectivity index (χ0n) is 20.3. The molecule has 0 unspecified atom stereocenters. The minimum atomic E-state index is -0.301. The van der Waals surface area contributed by atoms with E-state index < -0.39 is 0 Å². The lowest BCUT2D eigenvalue weighted by Gasteiger charge is -2.13. The van der Waals surface area contributed by atoms with Gasteiger partial charge in [-0.05, 0) is 49.4 Å². The largest absolute Gasteiger partial charge is 0.496 e. The van der Waals surface area contributed by atoms with Crippen molar-refractivity contribution in [2.45, 2.75) is 13.5 Å². The van der Waals surface area contributed by atoms with E-state index in [1.54, 1.807) is 50.6 Å². The Bertz CT molecular complexity index is 1420. The number of nitrogens with one attached hydrogen (secondary N) is 3. The van der Waals surface area contributed by atoms with Crippen LogP contribution in [0, 0.1) is 0 Å². The molecule has 3 aromatic carbocycles. The van der Waals surface area contributed by atoms with Crippen molar-refractivity contribution in [2.75, 3.05) is 31.3 Å². The van der Waals surface area contributed by atoms with Gasteiger partial charge in [0.2, 0.25) is 5.95 Å². The van der Waals surface area contributed by atoms with Crippen LogP contribution >= 0.6 is 0 Å². The molecule has 0 fully saturated rings. The molecule has 0 aliphatic rings. The highest BCUT2D eigenvalue weighted by molar-refractivity contribution is 6.05. The molecule has 0 radical (unpaired) electrons. The van der Waals surface area contributed by atoms with Gasteiger partial charge in [0, 0.05) is 53.0 Å². The lowest BCUT2D eigenvalue weighted by atomic mass is 10.0. The minimum absolute atomic E-state index is 0.183. The lowest BCUT2D eigenvalue weighted by molar-refractivity contribution is 0.0954. The molecule has 184 valence electrons. The fourth-order valence-electron chi connectivity index (χ4n) is 3.83. The normalized spacial score (nSPS) is 10.7. The number of carbonyl (C=O) groups is 2. The number of nitrogens with zero attached hydrogens (tertiary/aromatic N) is 2. The van der Waals surface area contributed by atoms with Crippen LogP contribution < -0.4 is 20.7 Å². The first-order chi connectivity index (χ1) is 17.5. The van der Waals surface area contributed by atoms with E-state index >= 15 is 0 Å². The standard InChI is InChI=1S/C27H27N5O4/c1-4-29-25(34)16-8-10-17(11-9-16)26(35)30-20-7-5-6-18(12-20)24-21-13-19(15-33)23(36-3)14-22(21)31-27(28-2)32-24/h5-14,33H,4,15H2,1-3H3,(H,29,34)(H,30,35)(H,28,31,32). The van der Waals surface area contributed by atoms with Crippen LogP contribution in [0.4, 0.5) is 11.6 Å². The molecule has 9 nitrogen and oxygen atoms in total. The van der Waals surface area contributed by atoms with Crippen LogP contribution in [0.2, 0.25) is 0 Å². The molecule has 4 rings (SSSR count). The summed E-state index contributed by atoms with van der Waals surface area (Å²) in [5.74, 6) is 0.483. The van der Waals surface area contributed by atoms with Crippen molar-refractivity contribution in [3.63, 3.8) is 0 Å². The first-order valence-electron chi connectivity index (χ1n) is 11.4. The van der Waals surface area contributed by atoms with Gasteiger partial charge in [0.15, 0.2) is 0 Å². The van der Waals surface area contributed by atoms with E-state index in [1.165, 1.54) is 0 Å². The monoisotopic (exact) mass is 485 g/mol. The topological polar surface area (TPSA) is 125 Å². The summed E-state index contributed by atoms with van der Waals surface area (Å²) in [6, 6.07) is 17.4. The molecule has 0 atom stereocenters. The van der Waals surface area contributed by atoms with Crippen LogP contribution in [0.15, 0.2) is 60.7 Å². The molecule has 0 spiro atoms. The van der Waals surface area contributed by atoms with Crippen molar-refractivity contribution in [1.82, 2.24) is 15.3 Å². The van der Waals surface area contributed by atoms with Crippen molar-refractivity contribution >= 4 is 34.4 Å². The third-order valence-corrected chi connectivity index (χ3v) is 5.63. The van der Waals surface area contributed by atoms with Crippen LogP contribution in [0.1, 0.15) is 33.2 Å². The van der Waals surface area contributed by atoms with Gasteiger partial charge in [0.25, 0.3) is 11.8 Å². The van der Waals surface area contributed by atoms with Gasteiger partial charge in [0.1, 0.15) is 5.75 Å². The summed E-state index contributed by atoms with van der Waals surface area (Å²) in [7, 11) is 3.28. The van der Waals surface area contributed by atoms with Crippen LogP contribution in [-0.2, 0) is 6.61 Å². The van der Waals surface area contributed by atoms with Gasteiger partial charge >= 0.3 is 0 Å². The van der Waals surface area contributed by atoms with E-state index in [-0.39, 0.29) is 18.4 Å². The Kier molecular flexibility index (Phi) is 7.41. The Hall–Kier alpha value is -4.50. The average molecular weight is 486 g/mol. The summed E-state index contributed by atoms with van der Waals surface area (Å²) in [6.07, 6.45) is 0. The smallest absolute Gasteiger partial charge is 0.255 e. The fourth-order valence-corrected chi connectivity index (χ4v) is 3.83. The molecular weight excluding hydrogens is 458 g/mol. The molecule has 4 aromatic rings. The predicted octanol–water partition coefficient (Wildman–Crippen LogP) is 3.84. The van der Waals surface area contributed by atoms with E-state index in [2.05, 4.69) is 25.9 Å². The summed E-state index contributed by atoms with van der Waals surface area (Å²) < 4.78 is 5.39. The zero-order valence-corrected chi connectivity index (χ0v) is 20.3. The SMILES string of the molecule is CCNC(=O)c1ccc(C(=O)Nc2cccc(-c3nc(NC)nc4cc(OC)c(CO)cc34)c2)cc1. The summed E-state index contributed by atoms with van der Waals surface area (Å²) in [4.78, 5) is 34.0. The zero-order chi connectivity index (χ0) is 25.7. The summed E-state index contributed by atoms with van der Waals surface area (Å²) in [5, 5.41) is 19.1. The number of anilines is 2. The molecule has 1 heterocycles. The van der Waals surface area contributed by atoms with Crippen molar-refractivity contribution in [3.8, 4) is 17.0 Å². The van der Waals surface area contributed by atoms with Gasteiger partial charge in [-0.2, -0.15) is 0 Å². The molecule has 2 amide bonds. The molecule has 0 bridgehead atoms. The van der Waals surface area contributed by atoms with Crippen LogP contribution in [0.5, 0.6) is 5.75 Å². The van der Waals surface area contributed by atoms with Gasteiger partial charge in [-0.1, -0.05) is 12.1 Å². The highest BCUT2D eigenvalue weighted by Gasteiger charge is 2.15. The summed E-state index contributed by atoms with van der Waals surface area (Å²) in [6.45, 7) is 2.19. The number of aliphatic hydroxyl groups is 1. The van der Waals surface area contributed by atoms with E-state index in [0.29, 0.717) is 51.8 Å². The highest BCUT2D eigenvalue weighted by atomic mass is 16.5. The Balaban J connectivity index is 1.66. The number of aliphatic hydroxyl groups excluding tert-OH is 1. The molecule has 0 saturated carbocycles. The number of benzene rings is 3. The number of aromatic nitrogens is 2. The lowest BCUT2D eigenvalue weighted by Crippen LogP contribution is -2.22. The molecule has 0 saturated heterocycles. The second-order valence-electron chi connectivity index (χ2n) is 7.96. The first-order valence-corrected chi connectivity index (χ1v) is 11.4. The molecule has 0 aliphatic heterocycles. The quantitative estimate of drug-likeness (QED) is 0.299. The number of amides is 2. The molecule has 36 heavy (non-hydrogen) atoms. The molecular formula is C27H27N5O4. The Labute approximate surface area is 208 Å². The van der Waals surface area contributed by atoms with Gasteiger partial charge in [0.05, 0.1) is 24.9 Å². The molecule has 0 aliphatic carbocycles. The van der Waals surface area contributed by atoms with Gasteiger partial charge in [-0.3, -0.25) is 9.59 Å². The predicted molar refractivity (Wildman–Crippen MR) is 139 cm³/mol. The maximum atomic E-state index is 12.8. The third-order valence-electron chi connectivity index (χ3n) is 5.63. The highest BCUT2D eigenvalue weighted by Crippen LogP contribution is 2.33. The van der Waals surface area contributed by atoms with E-state index in [1.807, 2.05) is 31.2 Å². The van der Waals surface area contributed by atoms with Crippen LogP contribution in [0.25, 0.3) is 22.2 Å². The van der Waals surface area contributed by atoms with Gasteiger partial charge in [-0.15, -0.1) is 0 Å². The van der Waals surface area contributed by atoms with E-state index in [4.69, 9.17) is 4.74 Å². The number of carbonyl (C=O) groups excluding carboxylic acids is 2. The third kappa shape index (κ3) is 5.11. The second-order valence-corrected chi connectivity index (χ2v) is 7.96. The maximum Gasteiger partial charge on any atom is 0.255 e. The Morgan fingerprint density at radius 2 is 1.69 bits per heavy atom. The summed E-state index contributed by atoms with van der Waals surface area (Å²) in [5.41, 5.74) is 4.18. The van der Waals surface area contributed by atoms with Gasteiger partial charge in [-0.25, -0.2) is 9.97 Å². The number of rotatable bonds is 8. The van der Waals surface area contributed by atoms with Crippen LogP contribution in [-0.4, -0.2) is 47.6 Å². The minimum Gasteiger partial charge on any atom is -0.496 e. The fraction of sp³-hybridized carbons (Fsp3) is 0.185. The van der Waals surface area contributed by atoms with E-state index in [0.717, 1.165) is 10.9 Å². The average Bonchev–Trinajstić information content (AvgIpc) is 2.91. The maximum absolute atomic E-state index is 12.8. The number of methoxy groups -OCH3 is 1. The number of hydrogen-bond donors (Lipinski definition) is 4. The number of ether oxygens (including phenoxy) is 1. The van der Waals surface area contributed by atoms with Crippen molar-refractivity contribution < 1.29 is 19.4 Å². The molecule has 1 aromatic heterocycles. The van der Waals surface area contributed by atoms with E-state index in [9.17, 15) is 14.7 Å². The van der Waals surface area contributed by atoms with Gasteiger partial charge < -0.3 is 25.8 Å². The second kappa shape index (κ2) is 10.8. The van der Waals surface area contributed by atoms with Crippen molar-refractivity contribution in [3.05, 3.63) is 77.4 Å².